The second-order valence-electron chi connectivity index (χ2n) is 3.36. The molecule has 0 saturated carbocycles. The topological polar surface area (TPSA) is 30.7 Å². The largest absolute Gasteiger partial charge is 0.246 e. The minimum Gasteiger partial charge on any atom is -0.246 e. The fourth-order valence-corrected chi connectivity index (χ4v) is 1.72. The Balaban J connectivity index is 2.73. The molecule has 0 aromatic carbocycles. The SMILES string of the molecule is C=CCn1nc(C)c2c(CF)ccnc21. The molecule has 0 aliphatic carbocycles. The molecule has 0 fully saturated rings. The van der Waals surface area contributed by atoms with E-state index in [4.69, 9.17) is 0 Å². The van der Waals surface area contributed by atoms with E-state index in [0.717, 1.165) is 16.7 Å². The van der Waals surface area contributed by atoms with E-state index >= 15 is 0 Å². The highest BCUT2D eigenvalue weighted by Gasteiger charge is 2.11. The summed E-state index contributed by atoms with van der Waals surface area (Å²) in [5.74, 6) is 0. The van der Waals surface area contributed by atoms with Crippen LogP contribution in [0.2, 0.25) is 0 Å². The highest BCUT2D eigenvalue weighted by molar-refractivity contribution is 5.81. The Labute approximate surface area is 87.2 Å². The molecule has 4 heteroatoms. The molecule has 0 amide bonds. The Morgan fingerprint density at radius 1 is 1.60 bits per heavy atom. The zero-order valence-electron chi connectivity index (χ0n) is 8.57. The fourth-order valence-electron chi connectivity index (χ4n) is 1.72. The normalized spacial score (nSPS) is 10.8. The zero-order valence-corrected chi connectivity index (χ0v) is 8.57. The van der Waals surface area contributed by atoms with Crippen molar-refractivity contribution in [1.29, 1.82) is 0 Å². The van der Waals surface area contributed by atoms with E-state index in [1.807, 2.05) is 6.92 Å². The van der Waals surface area contributed by atoms with E-state index in [2.05, 4.69) is 16.7 Å². The van der Waals surface area contributed by atoms with E-state index in [-0.39, 0.29) is 0 Å². The first-order valence-electron chi connectivity index (χ1n) is 4.75. The number of halogens is 1. The maximum Gasteiger partial charge on any atom is 0.158 e. The number of aryl methyl sites for hydroxylation is 1. The molecule has 0 unspecified atom stereocenters. The summed E-state index contributed by atoms with van der Waals surface area (Å²) >= 11 is 0. The number of pyridine rings is 1. The molecule has 0 bridgehead atoms. The lowest BCUT2D eigenvalue weighted by Gasteiger charge is -1.99. The minimum absolute atomic E-state index is 0.486. The predicted octanol–water partition coefficient (Wildman–Crippen LogP) is 2.40. The first kappa shape index (κ1) is 9.83. The summed E-state index contributed by atoms with van der Waals surface area (Å²) in [5, 5.41) is 5.13. The van der Waals surface area contributed by atoms with Crippen molar-refractivity contribution in [3.63, 3.8) is 0 Å². The number of alkyl halides is 1. The van der Waals surface area contributed by atoms with Gasteiger partial charge in [0.25, 0.3) is 0 Å². The third-order valence-electron chi connectivity index (χ3n) is 2.34. The third kappa shape index (κ3) is 1.52. The van der Waals surface area contributed by atoms with Crippen molar-refractivity contribution in [2.75, 3.05) is 0 Å². The van der Waals surface area contributed by atoms with Gasteiger partial charge >= 0.3 is 0 Å². The van der Waals surface area contributed by atoms with Gasteiger partial charge in [-0.3, -0.25) is 0 Å². The van der Waals surface area contributed by atoms with Crippen LogP contribution in [0.15, 0.2) is 24.9 Å². The Hall–Kier alpha value is -1.71. The molecule has 2 aromatic heterocycles. The summed E-state index contributed by atoms with van der Waals surface area (Å²) < 4.78 is 14.5. The van der Waals surface area contributed by atoms with Crippen molar-refractivity contribution in [2.45, 2.75) is 20.1 Å². The monoisotopic (exact) mass is 205 g/mol. The lowest BCUT2D eigenvalue weighted by molar-refractivity contribution is 0.487. The van der Waals surface area contributed by atoms with Gasteiger partial charge in [0.15, 0.2) is 5.65 Å². The summed E-state index contributed by atoms with van der Waals surface area (Å²) in [5.41, 5.74) is 2.18. The number of hydrogen-bond donors (Lipinski definition) is 0. The maximum atomic E-state index is 12.7. The summed E-state index contributed by atoms with van der Waals surface area (Å²) in [6.07, 6.45) is 3.35. The summed E-state index contributed by atoms with van der Waals surface area (Å²) in [6, 6.07) is 1.69. The molecule has 0 saturated heterocycles. The Morgan fingerprint density at radius 3 is 3.07 bits per heavy atom. The summed E-state index contributed by atoms with van der Waals surface area (Å²) in [4.78, 5) is 4.22. The molecule has 15 heavy (non-hydrogen) atoms. The van der Waals surface area contributed by atoms with Gasteiger partial charge in [-0.2, -0.15) is 5.10 Å². The van der Waals surface area contributed by atoms with Gasteiger partial charge in [0.1, 0.15) is 6.67 Å². The molecule has 2 heterocycles. The van der Waals surface area contributed by atoms with Gasteiger partial charge in [0.2, 0.25) is 0 Å². The van der Waals surface area contributed by atoms with E-state index in [1.165, 1.54) is 0 Å². The molecule has 0 radical (unpaired) electrons. The van der Waals surface area contributed by atoms with Gasteiger partial charge in [0, 0.05) is 11.6 Å². The van der Waals surface area contributed by atoms with Crippen LogP contribution >= 0.6 is 0 Å². The second kappa shape index (κ2) is 3.81. The van der Waals surface area contributed by atoms with Crippen molar-refractivity contribution in [3.8, 4) is 0 Å². The number of allylic oxidation sites excluding steroid dienone is 1. The smallest absolute Gasteiger partial charge is 0.158 e. The number of hydrogen-bond acceptors (Lipinski definition) is 2. The second-order valence-corrected chi connectivity index (χ2v) is 3.36. The average molecular weight is 205 g/mol. The molecule has 0 aliphatic heterocycles. The molecule has 0 N–H and O–H groups in total. The van der Waals surface area contributed by atoms with Gasteiger partial charge in [-0.25, -0.2) is 14.1 Å². The van der Waals surface area contributed by atoms with E-state index in [1.54, 1.807) is 23.0 Å². The van der Waals surface area contributed by atoms with Crippen LogP contribution in [0.1, 0.15) is 11.3 Å². The first-order chi connectivity index (χ1) is 7.27. The lowest BCUT2D eigenvalue weighted by Crippen LogP contribution is -1.98. The van der Waals surface area contributed by atoms with E-state index in [0.29, 0.717) is 12.1 Å². The van der Waals surface area contributed by atoms with Crippen LogP contribution in [-0.2, 0) is 13.2 Å². The van der Waals surface area contributed by atoms with E-state index < -0.39 is 6.67 Å². The van der Waals surface area contributed by atoms with Crippen LogP contribution in [0, 0.1) is 6.92 Å². The molecule has 78 valence electrons. The molecule has 0 spiro atoms. The van der Waals surface area contributed by atoms with Gasteiger partial charge < -0.3 is 0 Å². The van der Waals surface area contributed by atoms with Gasteiger partial charge in [-0.15, -0.1) is 6.58 Å². The number of fused-ring (bicyclic) bond motifs is 1. The van der Waals surface area contributed by atoms with Gasteiger partial charge in [-0.1, -0.05) is 6.08 Å². The molecule has 0 atom stereocenters. The molecule has 2 aromatic rings. The summed E-state index contributed by atoms with van der Waals surface area (Å²) in [6.45, 7) is 5.62. The number of rotatable bonds is 3. The highest BCUT2D eigenvalue weighted by Crippen LogP contribution is 2.21. The molecular formula is C11H12FN3. The first-order valence-corrected chi connectivity index (χ1v) is 4.75. The molecule has 0 aliphatic rings. The van der Waals surface area contributed by atoms with E-state index in [9.17, 15) is 4.39 Å². The molecular weight excluding hydrogens is 193 g/mol. The maximum absolute atomic E-state index is 12.7. The lowest BCUT2D eigenvalue weighted by atomic mass is 10.2. The van der Waals surface area contributed by atoms with Crippen LogP contribution in [0.3, 0.4) is 0 Å². The minimum atomic E-state index is -0.486. The number of nitrogens with zero attached hydrogens (tertiary/aromatic N) is 3. The van der Waals surface area contributed by atoms with Crippen molar-refractivity contribution in [1.82, 2.24) is 14.8 Å². The van der Waals surface area contributed by atoms with Crippen molar-refractivity contribution in [3.05, 3.63) is 36.2 Å². The predicted molar refractivity (Wildman–Crippen MR) is 57.3 cm³/mol. The Morgan fingerprint density at radius 2 is 2.40 bits per heavy atom. The quantitative estimate of drug-likeness (QED) is 0.720. The van der Waals surface area contributed by atoms with Crippen LogP contribution in [0.4, 0.5) is 4.39 Å². The van der Waals surface area contributed by atoms with Crippen LogP contribution in [-0.4, -0.2) is 14.8 Å². The third-order valence-corrected chi connectivity index (χ3v) is 2.34. The fraction of sp³-hybridized carbons (Fsp3) is 0.273. The van der Waals surface area contributed by atoms with Crippen molar-refractivity contribution >= 4 is 11.0 Å². The standard InChI is InChI=1S/C11H12FN3/c1-3-6-15-11-10(8(2)14-15)9(7-12)4-5-13-11/h3-5H,1,6-7H2,2H3. The summed E-state index contributed by atoms with van der Waals surface area (Å²) in [7, 11) is 0. The Bertz CT molecular complexity index is 502. The Kier molecular flexibility index (Phi) is 2.49. The average Bonchev–Trinajstić information content (AvgIpc) is 2.57. The van der Waals surface area contributed by atoms with Gasteiger partial charge in [0.05, 0.1) is 12.2 Å². The van der Waals surface area contributed by atoms with Crippen molar-refractivity contribution in [2.24, 2.45) is 0 Å². The zero-order chi connectivity index (χ0) is 10.8. The van der Waals surface area contributed by atoms with Crippen LogP contribution in [0.25, 0.3) is 11.0 Å². The van der Waals surface area contributed by atoms with Crippen LogP contribution in [0.5, 0.6) is 0 Å². The number of aromatic nitrogens is 3. The van der Waals surface area contributed by atoms with Gasteiger partial charge in [-0.05, 0) is 18.6 Å². The van der Waals surface area contributed by atoms with Crippen molar-refractivity contribution < 1.29 is 4.39 Å². The highest BCUT2D eigenvalue weighted by atomic mass is 19.1. The van der Waals surface area contributed by atoms with Crippen LogP contribution < -0.4 is 0 Å². The molecule has 2 rings (SSSR count). The molecule has 3 nitrogen and oxygen atoms in total.